The molecular formula is C17H28BrN5O2S. The fourth-order valence-corrected chi connectivity index (χ4v) is 3.62. The van der Waals surface area contributed by atoms with Crippen LogP contribution in [0.2, 0.25) is 0 Å². The Bertz CT molecular complexity index is 694. The van der Waals surface area contributed by atoms with E-state index in [9.17, 15) is 8.42 Å². The molecule has 1 aromatic rings. The highest BCUT2D eigenvalue weighted by Crippen LogP contribution is 2.22. The van der Waals surface area contributed by atoms with Crippen LogP contribution in [-0.2, 0) is 10.0 Å². The molecule has 26 heavy (non-hydrogen) atoms. The summed E-state index contributed by atoms with van der Waals surface area (Å²) >= 11 is 3.46. The summed E-state index contributed by atoms with van der Waals surface area (Å²) in [7, 11) is -3.16. The summed E-state index contributed by atoms with van der Waals surface area (Å²) in [4.78, 5) is 6.82. The van der Waals surface area contributed by atoms with Gasteiger partial charge in [-0.2, -0.15) is 0 Å². The second-order valence-electron chi connectivity index (χ2n) is 6.11. The van der Waals surface area contributed by atoms with Crippen LogP contribution in [0.1, 0.15) is 20.3 Å². The number of nitrogens with one attached hydrogen (secondary N) is 3. The number of aliphatic imine (C=N–C) groups is 1. The Morgan fingerprint density at radius 1 is 1.31 bits per heavy atom. The van der Waals surface area contributed by atoms with Gasteiger partial charge in [0.15, 0.2) is 5.96 Å². The molecule has 1 atom stereocenters. The molecule has 9 heteroatoms. The Labute approximate surface area is 164 Å². The first-order valence-electron chi connectivity index (χ1n) is 8.96. The Kier molecular flexibility index (Phi) is 8.17. The average Bonchev–Trinajstić information content (AvgIpc) is 3.08. The van der Waals surface area contributed by atoms with Gasteiger partial charge in [-0.15, -0.1) is 0 Å². The molecule has 0 radical (unpaired) electrons. The van der Waals surface area contributed by atoms with Gasteiger partial charge in [-0.05, 0) is 44.5 Å². The first kappa shape index (κ1) is 21.0. The van der Waals surface area contributed by atoms with Gasteiger partial charge in [0.1, 0.15) is 0 Å². The lowest BCUT2D eigenvalue weighted by atomic mass is 10.3. The van der Waals surface area contributed by atoms with Gasteiger partial charge < -0.3 is 15.5 Å². The summed E-state index contributed by atoms with van der Waals surface area (Å²) < 4.78 is 26.5. The summed E-state index contributed by atoms with van der Waals surface area (Å²) in [5.41, 5.74) is 1.22. The van der Waals surface area contributed by atoms with Crippen molar-refractivity contribution < 1.29 is 8.42 Å². The van der Waals surface area contributed by atoms with E-state index in [1.165, 1.54) is 5.69 Å². The normalized spacial score (nSPS) is 18.2. The van der Waals surface area contributed by atoms with Gasteiger partial charge >= 0.3 is 0 Å². The van der Waals surface area contributed by atoms with Crippen molar-refractivity contribution in [2.45, 2.75) is 26.3 Å². The van der Waals surface area contributed by atoms with E-state index in [1.807, 2.05) is 6.92 Å². The van der Waals surface area contributed by atoms with Gasteiger partial charge in [0.25, 0.3) is 0 Å². The van der Waals surface area contributed by atoms with Crippen LogP contribution in [0.4, 0.5) is 5.69 Å². The van der Waals surface area contributed by atoms with Crippen molar-refractivity contribution in [1.29, 1.82) is 0 Å². The number of nitrogens with zero attached hydrogens (tertiary/aromatic N) is 2. The molecule has 0 amide bonds. The second-order valence-corrected chi connectivity index (χ2v) is 9.12. The molecule has 1 aliphatic rings. The fourth-order valence-electron chi connectivity index (χ4n) is 2.75. The standard InChI is InChI=1S/C17H28BrN5O2S/c1-3-19-17(20-10-11-21-26(24,25)4-2)22-15-9-12-23(13-15)16-7-5-14(18)6-8-16/h5-8,15,21H,3-4,9-13H2,1-2H3,(H2,19,20,22). The third-order valence-corrected chi connectivity index (χ3v) is 6.08. The van der Waals surface area contributed by atoms with Crippen LogP contribution >= 0.6 is 15.9 Å². The predicted octanol–water partition coefficient (Wildman–Crippen LogP) is 1.52. The molecule has 0 spiro atoms. The minimum atomic E-state index is -3.16. The smallest absolute Gasteiger partial charge is 0.211 e. The summed E-state index contributed by atoms with van der Waals surface area (Å²) in [6, 6.07) is 8.65. The van der Waals surface area contributed by atoms with Crippen LogP contribution in [0.5, 0.6) is 0 Å². The molecule has 1 unspecified atom stereocenters. The number of sulfonamides is 1. The van der Waals surface area contributed by atoms with Gasteiger partial charge in [0, 0.05) is 42.4 Å². The number of anilines is 1. The van der Waals surface area contributed by atoms with Crippen molar-refractivity contribution in [1.82, 2.24) is 15.4 Å². The molecule has 0 aliphatic carbocycles. The Balaban J connectivity index is 1.85. The summed E-state index contributed by atoms with van der Waals surface area (Å²) in [6.45, 7) is 7.01. The van der Waals surface area contributed by atoms with Gasteiger partial charge in [-0.25, -0.2) is 13.1 Å². The second kappa shape index (κ2) is 10.1. The third kappa shape index (κ3) is 6.77. The third-order valence-electron chi connectivity index (χ3n) is 4.15. The summed E-state index contributed by atoms with van der Waals surface area (Å²) in [5, 5.41) is 6.67. The molecule has 1 fully saturated rings. The van der Waals surface area contributed by atoms with Gasteiger partial charge in [-0.1, -0.05) is 15.9 Å². The van der Waals surface area contributed by atoms with Crippen molar-refractivity contribution in [3.8, 4) is 0 Å². The molecule has 2 rings (SSSR count). The lowest BCUT2D eigenvalue weighted by Gasteiger charge is -2.20. The summed E-state index contributed by atoms with van der Waals surface area (Å²) in [5.74, 6) is 0.814. The molecule has 3 N–H and O–H groups in total. The Hall–Kier alpha value is -1.32. The maximum atomic E-state index is 11.4. The number of rotatable bonds is 8. The van der Waals surface area contributed by atoms with Crippen molar-refractivity contribution in [2.75, 3.05) is 43.4 Å². The molecule has 0 bridgehead atoms. The topological polar surface area (TPSA) is 85.8 Å². The molecule has 1 heterocycles. The highest BCUT2D eigenvalue weighted by atomic mass is 79.9. The Morgan fingerprint density at radius 3 is 2.69 bits per heavy atom. The van der Waals surface area contributed by atoms with Crippen LogP contribution < -0.4 is 20.3 Å². The minimum Gasteiger partial charge on any atom is -0.369 e. The van der Waals surface area contributed by atoms with E-state index in [0.29, 0.717) is 19.1 Å². The van der Waals surface area contributed by atoms with Crippen LogP contribution in [0.25, 0.3) is 0 Å². The Morgan fingerprint density at radius 2 is 2.04 bits per heavy atom. The van der Waals surface area contributed by atoms with Crippen LogP contribution in [0.15, 0.2) is 33.7 Å². The molecule has 146 valence electrons. The molecule has 0 saturated carbocycles. The zero-order chi connectivity index (χ0) is 19.0. The number of hydrogen-bond donors (Lipinski definition) is 3. The SMILES string of the molecule is CCNC(=NCCNS(=O)(=O)CC)NC1CCN(c2ccc(Br)cc2)C1. The van der Waals surface area contributed by atoms with Crippen LogP contribution in [0.3, 0.4) is 0 Å². The molecule has 7 nitrogen and oxygen atoms in total. The fraction of sp³-hybridized carbons (Fsp3) is 0.588. The van der Waals surface area contributed by atoms with E-state index in [0.717, 1.165) is 36.5 Å². The van der Waals surface area contributed by atoms with Crippen molar-refractivity contribution in [3.05, 3.63) is 28.7 Å². The van der Waals surface area contributed by atoms with Gasteiger partial charge in [0.2, 0.25) is 10.0 Å². The van der Waals surface area contributed by atoms with E-state index < -0.39 is 10.0 Å². The molecule has 0 aromatic heterocycles. The molecule has 1 aromatic carbocycles. The number of benzene rings is 1. The largest absolute Gasteiger partial charge is 0.369 e. The maximum absolute atomic E-state index is 11.4. The zero-order valence-corrected chi connectivity index (χ0v) is 17.7. The predicted molar refractivity (Wildman–Crippen MR) is 111 cm³/mol. The monoisotopic (exact) mass is 445 g/mol. The van der Waals surface area contributed by atoms with Crippen LogP contribution in [0, 0.1) is 0 Å². The molecule has 1 saturated heterocycles. The molecule has 1 aliphatic heterocycles. The average molecular weight is 446 g/mol. The van der Waals surface area contributed by atoms with E-state index in [1.54, 1.807) is 6.92 Å². The van der Waals surface area contributed by atoms with Crippen LogP contribution in [-0.4, -0.2) is 58.9 Å². The highest BCUT2D eigenvalue weighted by Gasteiger charge is 2.23. The molecular weight excluding hydrogens is 418 g/mol. The maximum Gasteiger partial charge on any atom is 0.211 e. The first-order valence-corrected chi connectivity index (χ1v) is 11.4. The van der Waals surface area contributed by atoms with Crippen molar-refractivity contribution >= 4 is 37.6 Å². The minimum absolute atomic E-state index is 0.0863. The van der Waals surface area contributed by atoms with E-state index in [2.05, 4.69) is 65.4 Å². The van der Waals surface area contributed by atoms with Gasteiger partial charge in [0.05, 0.1) is 12.3 Å². The van der Waals surface area contributed by atoms with Crippen molar-refractivity contribution in [2.24, 2.45) is 4.99 Å². The number of halogens is 1. The first-order chi connectivity index (χ1) is 12.4. The quantitative estimate of drug-likeness (QED) is 0.320. The van der Waals surface area contributed by atoms with Gasteiger partial charge in [-0.3, -0.25) is 4.99 Å². The summed E-state index contributed by atoms with van der Waals surface area (Å²) in [6.07, 6.45) is 1.03. The van der Waals surface area contributed by atoms with E-state index in [4.69, 9.17) is 0 Å². The zero-order valence-electron chi connectivity index (χ0n) is 15.3. The lowest BCUT2D eigenvalue weighted by molar-refractivity contribution is 0.583. The highest BCUT2D eigenvalue weighted by molar-refractivity contribution is 9.10. The van der Waals surface area contributed by atoms with Crippen molar-refractivity contribution in [3.63, 3.8) is 0 Å². The number of hydrogen-bond acceptors (Lipinski definition) is 4. The lowest BCUT2D eigenvalue weighted by Crippen LogP contribution is -2.45. The van der Waals surface area contributed by atoms with E-state index in [-0.39, 0.29) is 5.75 Å². The van der Waals surface area contributed by atoms with E-state index >= 15 is 0 Å². The number of guanidine groups is 1.